The van der Waals surface area contributed by atoms with Gasteiger partial charge in [0.25, 0.3) is 0 Å². The number of rotatable bonds is 3. The van der Waals surface area contributed by atoms with Crippen LogP contribution < -0.4 is 5.73 Å². The molecule has 1 saturated carbocycles. The van der Waals surface area contributed by atoms with Gasteiger partial charge in [-0.1, -0.05) is 12.8 Å². The van der Waals surface area contributed by atoms with Crippen LogP contribution in [0.4, 0.5) is 0 Å². The van der Waals surface area contributed by atoms with Crippen molar-refractivity contribution in [3.05, 3.63) is 12.2 Å². The first-order chi connectivity index (χ1) is 7.27. The fourth-order valence-corrected chi connectivity index (χ4v) is 1.96. The number of aryl methyl sites for hydroxylation is 1. The molecule has 1 fully saturated rings. The number of hydrogen-bond acceptors (Lipinski definition) is 4. The van der Waals surface area contributed by atoms with E-state index in [4.69, 9.17) is 10.5 Å². The molecular formula is C10H18N4O. The summed E-state index contributed by atoms with van der Waals surface area (Å²) in [4.78, 5) is 4.11. The first-order valence-corrected chi connectivity index (χ1v) is 5.47. The van der Waals surface area contributed by atoms with Crippen molar-refractivity contribution in [2.75, 3.05) is 0 Å². The topological polar surface area (TPSA) is 66.0 Å². The highest BCUT2D eigenvalue weighted by Crippen LogP contribution is 2.20. The van der Waals surface area contributed by atoms with Crippen LogP contribution in [-0.4, -0.2) is 26.9 Å². The van der Waals surface area contributed by atoms with Crippen LogP contribution in [0.25, 0.3) is 0 Å². The van der Waals surface area contributed by atoms with Crippen molar-refractivity contribution in [1.82, 2.24) is 14.8 Å². The van der Waals surface area contributed by atoms with Gasteiger partial charge >= 0.3 is 0 Å². The molecule has 2 unspecified atom stereocenters. The number of aromatic nitrogens is 3. The summed E-state index contributed by atoms with van der Waals surface area (Å²) in [5.41, 5.74) is 5.99. The Hall–Kier alpha value is -0.940. The zero-order valence-corrected chi connectivity index (χ0v) is 9.09. The van der Waals surface area contributed by atoms with E-state index in [1.54, 1.807) is 11.0 Å². The van der Waals surface area contributed by atoms with Gasteiger partial charge in [0.15, 0.2) is 5.82 Å². The fraction of sp³-hybridized carbons (Fsp3) is 0.800. The first kappa shape index (κ1) is 10.6. The maximum absolute atomic E-state index is 5.99. The lowest BCUT2D eigenvalue weighted by molar-refractivity contribution is -0.000215. The zero-order valence-electron chi connectivity index (χ0n) is 9.09. The highest BCUT2D eigenvalue weighted by atomic mass is 16.5. The van der Waals surface area contributed by atoms with E-state index in [2.05, 4.69) is 10.1 Å². The summed E-state index contributed by atoms with van der Waals surface area (Å²) >= 11 is 0. The van der Waals surface area contributed by atoms with Crippen LogP contribution in [0.1, 0.15) is 31.5 Å². The Kier molecular flexibility index (Phi) is 3.33. The zero-order chi connectivity index (χ0) is 10.7. The molecule has 0 amide bonds. The molecule has 1 aliphatic carbocycles. The van der Waals surface area contributed by atoms with Crippen LogP contribution in [-0.2, 0) is 18.4 Å². The molecule has 84 valence electrons. The van der Waals surface area contributed by atoms with E-state index in [9.17, 15) is 0 Å². The lowest BCUT2D eigenvalue weighted by Gasteiger charge is -2.28. The van der Waals surface area contributed by atoms with Crippen molar-refractivity contribution in [1.29, 1.82) is 0 Å². The fourth-order valence-electron chi connectivity index (χ4n) is 1.96. The average molecular weight is 210 g/mol. The average Bonchev–Trinajstić information content (AvgIpc) is 2.63. The van der Waals surface area contributed by atoms with E-state index in [1.165, 1.54) is 12.8 Å². The standard InChI is InChI=1S/C10H18N4O/c1-14-10(12-7-13-14)6-15-9-5-3-2-4-8(9)11/h7-9H,2-6,11H2,1H3. The molecule has 1 aliphatic rings. The Morgan fingerprint density at radius 1 is 1.53 bits per heavy atom. The molecule has 2 N–H and O–H groups in total. The maximum atomic E-state index is 5.99. The number of nitrogens with two attached hydrogens (primary N) is 1. The third kappa shape index (κ3) is 2.54. The van der Waals surface area contributed by atoms with Crippen molar-refractivity contribution >= 4 is 0 Å². The lowest BCUT2D eigenvalue weighted by atomic mass is 9.93. The predicted molar refractivity (Wildman–Crippen MR) is 56.0 cm³/mol. The van der Waals surface area contributed by atoms with Crippen LogP contribution >= 0.6 is 0 Å². The molecule has 0 aliphatic heterocycles. The Morgan fingerprint density at radius 3 is 3.00 bits per heavy atom. The van der Waals surface area contributed by atoms with Gasteiger partial charge in [0.05, 0.1) is 6.10 Å². The highest BCUT2D eigenvalue weighted by Gasteiger charge is 2.22. The molecular weight excluding hydrogens is 192 g/mol. The third-order valence-corrected chi connectivity index (χ3v) is 2.99. The second kappa shape index (κ2) is 4.72. The smallest absolute Gasteiger partial charge is 0.152 e. The first-order valence-electron chi connectivity index (χ1n) is 5.47. The van der Waals surface area contributed by atoms with E-state index in [0.717, 1.165) is 18.7 Å². The summed E-state index contributed by atoms with van der Waals surface area (Å²) < 4.78 is 7.50. The normalized spacial score (nSPS) is 26.8. The summed E-state index contributed by atoms with van der Waals surface area (Å²) in [6.45, 7) is 0.509. The summed E-state index contributed by atoms with van der Waals surface area (Å²) in [6.07, 6.45) is 6.32. The SMILES string of the molecule is Cn1ncnc1COC1CCCCC1N. The van der Waals surface area contributed by atoms with Crippen LogP contribution in [0, 0.1) is 0 Å². The molecule has 0 spiro atoms. The van der Waals surface area contributed by atoms with Crippen molar-refractivity contribution in [2.45, 2.75) is 44.4 Å². The molecule has 2 rings (SSSR count). The van der Waals surface area contributed by atoms with Gasteiger partial charge < -0.3 is 10.5 Å². The largest absolute Gasteiger partial charge is 0.369 e. The molecule has 2 atom stereocenters. The Balaban J connectivity index is 1.84. The summed E-state index contributed by atoms with van der Waals surface area (Å²) in [5.74, 6) is 0.854. The molecule has 0 saturated heterocycles. The minimum absolute atomic E-state index is 0.187. The molecule has 1 heterocycles. The van der Waals surface area contributed by atoms with Gasteiger partial charge in [-0.15, -0.1) is 0 Å². The van der Waals surface area contributed by atoms with Crippen LogP contribution in [0.2, 0.25) is 0 Å². The van der Waals surface area contributed by atoms with E-state index < -0.39 is 0 Å². The van der Waals surface area contributed by atoms with Crippen molar-refractivity contribution in [2.24, 2.45) is 12.8 Å². The van der Waals surface area contributed by atoms with Gasteiger partial charge in [0.2, 0.25) is 0 Å². The van der Waals surface area contributed by atoms with Crippen molar-refractivity contribution in [3.8, 4) is 0 Å². The van der Waals surface area contributed by atoms with Crippen molar-refractivity contribution in [3.63, 3.8) is 0 Å². The highest BCUT2D eigenvalue weighted by molar-refractivity contribution is 4.83. The van der Waals surface area contributed by atoms with Crippen molar-refractivity contribution < 1.29 is 4.74 Å². The van der Waals surface area contributed by atoms with E-state index in [0.29, 0.717) is 6.61 Å². The monoisotopic (exact) mass is 210 g/mol. The molecule has 15 heavy (non-hydrogen) atoms. The Labute approximate surface area is 89.6 Å². The second-order valence-corrected chi connectivity index (χ2v) is 4.10. The molecule has 1 aromatic heterocycles. The van der Waals surface area contributed by atoms with E-state index in [-0.39, 0.29) is 12.1 Å². The van der Waals surface area contributed by atoms with Gasteiger partial charge in [0, 0.05) is 13.1 Å². The minimum Gasteiger partial charge on any atom is -0.369 e. The number of ether oxygens (including phenoxy) is 1. The van der Waals surface area contributed by atoms with Gasteiger partial charge in [-0.3, -0.25) is 4.68 Å². The summed E-state index contributed by atoms with van der Waals surface area (Å²) in [6, 6.07) is 0.187. The van der Waals surface area contributed by atoms with Gasteiger partial charge in [-0.05, 0) is 12.8 Å². The second-order valence-electron chi connectivity index (χ2n) is 4.10. The molecule has 1 aromatic rings. The minimum atomic E-state index is 0.187. The van der Waals surface area contributed by atoms with Crippen LogP contribution in [0.5, 0.6) is 0 Å². The molecule has 5 nitrogen and oxygen atoms in total. The molecule has 0 bridgehead atoms. The molecule has 0 radical (unpaired) electrons. The van der Waals surface area contributed by atoms with Gasteiger partial charge in [-0.25, -0.2) is 4.98 Å². The van der Waals surface area contributed by atoms with Crippen LogP contribution in [0.3, 0.4) is 0 Å². The Morgan fingerprint density at radius 2 is 2.33 bits per heavy atom. The quantitative estimate of drug-likeness (QED) is 0.793. The van der Waals surface area contributed by atoms with Gasteiger partial charge in [0.1, 0.15) is 12.9 Å². The van der Waals surface area contributed by atoms with E-state index >= 15 is 0 Å². The molecule has 0 aromatic carbocycles. The van der Waals surface area contributed by atoms with Crippen LogP contribution in [0.15, 0.2) is 6.33 Å². The number of nitrogens with zero attached hydrogens (tertiary/aromatic N) is 3. The maximum Gasteiger partial charge on any atom is 0.152 e. The Bertz CT molecular complexity index is 312. The summed E-state index contributed by atoms with van der Waals surface area (Å²) in [5, 5.41) is 3.99. The van der Waals surface area contributed by atoms with Gasteiger partial charge in [-0.2, -0.15) is 5.10 Å². The predicted octanol–water partition coefficient (Wildman–Crippen LogP) is 0.602. The van der Waals surface area contributed by atoms with E-state index in [1.807, 2.05) is 7.05 Å². The number of hydrogen-bond donors (Lipinski definition) is 1. The lowest BCUT2D eigenvalue weighted by Crippen LogP contribution is -2.39. The summed E-state index contributed by atoms with van der Waals surface area (Å²) in [7, 11) is 1.87. The molecule has 5 heteroatoms. The third-order valence-electron chi connectivity index (χ3n) is 2.99.